The molecule has 2 rings (SSSR count). The number of benzene rings is 1. The zero-order valence-electron chi connectivity index (χ0n) is 9.71. The van der Waals surface area contributed by atoms with Gasteiger partial charge in [0.15, 0.2) is 5.78 Å². The van der Waals surface area contributed by atoms with Crippen molar-refractivity contribution >= 4 is 12.2 Å². The fourth-order valence-corrected chi connectivity index (χ4v) is 1.95. The van der Waals surface area contributed by atoms with Crippen molar-refractivity contribution in [2.75, 3.05) is 32.7 Å². The molecule has 0 saturated carbocycles. The first kappa shape index (κ1) is 11.8. The molecule has 0 radical (unpaired) electrons. The molecule has 4 nitrogen and oxygen atoms in total. The maximum atomic E-state index is 11.9. The van der Waals surface area contributed by atoms with Crippen molar-refractivity contribution in [3.05, 3.63) is 35.9 Å². The van der Waals surface area contributed by atoms with Gasteiger partial charge in [0, 0.05) is 31.7 Å². The van der Waals surface area contributed by atoms with Gasteiger partial charge >= 0.3 is 0 Å². The highest BCUT2D eigenvalue weighted by Crippen LogP contribution is 2.04. The second-order valence-corrected chi connectivity index (χ2v) is 4.21. The van der Waals surface area contributed by atoms with Crippen LogP contribution in [-0.2, 0) is 4.79 Å². The Hall–Kier alpha value is -1.68. The minimum absolute atomic E-state index is 0.144. The van der Waals surface area contributed by atoms with Gasteiger partial charge in [-0.15, -0.1) is 0 Å². The molecule has 1 fully saturated rings. The summed E-state index contributed by atoms with van der Waals surface area (Å²) >= 11 is 0. The van der Waals surface area contributed by atoms with Gasteiger partial charge in [-0.1, -0.05) is 30.3 Å². The van der Waals surface area contributed by atoms with Gasteiger partial charge in [0.25, 0.3) is 0 Å². The predicted octanol–water partition coefficient (Wildman–Crippen LogP) is 0.643. The van der Waals surface area contributed by atoms with Gasteiger partial charge in [-0.25, -0.2) is 0 Å². The fourth-order valence-electron chi connectivity index (χ4n) is 1.95. The number of piperazine rings is 1. The minimum atomic E-state index is 0.144. The Labute approximate surface area is 101 Å². The predicted molar refractivity (Wildman–Crippen MR) is 64.8 cm³/mol. The van der Waals surface area contributed by atoms with Crippen LogP contribution >= 0.6 is 0 Å². The molecule has 17 heavy (non-hydrogen) atoms. The van der Waals surface area contributed by atoms with Crippen molar-refractivity contribution in [3.63, 3.8) is 0 Å². The van der Waals surface area contributed by atoms with Gasteiger partial charge < -0.3 is 4.90 Å². The highest BCUT2D eigenvalue weighted by Gasteiger charge is 2.18. The number of carbonyl (C=O) groups is 2. The average Bonchev–Trinajstić information content (AvgIpc) is 2.40. The second-order valence-electron chi connectivity index (χ2n) is 4.21. The van der Waals surface area contributed by atoms with E-state index in [0.29, 0.717) is 19.6 Å². The molecule has 1 amide bonds. The van der Waals surface area contributed by atoms with Crippen LogP contribution in [0.4, 0.5) is 0 Å². The largest absolute Gasteiger partial charge is 0.343 e. The molecule has 0 spiro atoms. The number of Topliss-reactive ketones (excluding diaryl/α,β-unsaturated/α-hetero) is 1. The van der Waals surface area contributed by atoms with Gasteiger partial charge in [-0.05, 0) is 0 Å². The van der Waals surface area contributed by atoms with Crippen LogP contribution in [0, 0.1) is 0 Å². The zero-order valence-corrected chi connectivity index (χ0v) is 9.71. The van der Waals surface area contributed by atoms with Crippen molar-refractivity contribution in [1.29, 1.82) is 0 Å². The second kappa shape index (κ2) is 5.59. The van der Waals surface area contributed by atoms with Gasteiger partial charge in [0.05, 0.1) is 6.54 Å². The molecular weight excluding hydrogens is 216 g/mol. The Bertz CT molecular complexity index is 384. The lowest BCUT2D eigenvalue weighted by atomic mass is 10.1. The number of carbonyl (C=O) groups excluding carboxylic acids is 2. The van der Waals surface area contributed by atoms with Gasteiger partial charge in [0.2, 0.25) is 6.41 Å². The Kier molecular flexibility index (Phi) is 3.88. The molecule has 0 unspecified atom stereocenters. The quantitative estimate of drug-likeness (QED) is 0.565. The van der Waals surface area contributed by atoms with Crippen LogP contribution in [0.25, 0.3) is 0 Å². The van der Waals surface area contributed by atoms with Crippen molar-refractivity contribution < 1.29 is 9.59 Å². The molecule has 1 heterocycles. The zero-order chi connectivity index (χ0) is 12.1. The number of hydrogen-bond donors (Lipinski definition) is 0. The Morgan fingerprint density at radius 2 is 1.76 bits per heavy atom. The van der Waals surface area contributed by atoms with Gasteiger partial charge in [0.1, 0.15) is 0 Å². The van der Waals surface area contributed by atoms with E-state index in [2.05, 4.69) is 4.90 Å². The number of nitrogens with zero attached hydrogens (tertiary/aromatic N) is 2. The summed E-state index contributed by atoms with van der Waals surface area (Å²) in [4.78, 5) is 26.3. The standard InChI is InChI=1S/C13H16N2O2/c16-11-15-8-6-14(7-9-15)10-13(17)12-4-2-1-3-5-12/h1-5,11H,6-10H2. The summed E-state index contributed by atoms with van der Waals surface area (Å²) in [6.45, 7) is 3.42. The number of ketones is 1. The third-order valence-electron chi connectivity index (χ3n) is 3.02. The van der Waals surface area contributed by atoms with E-state index in [0.717, 1.165) is 25.1 Å². The van der Waals surface area contributed by atoms with E-state index in [1.54, 1.807) is 4.90 Å². The van der Waals surface area contributed by atoms with Gasteiger partial charge in [-0.2, -0.15) is 0 Å². The molecule has 1 aromatic rings. The number of amides is 1. The topological polar surface area (TPSA) is 40.6 Å². The fraction of sp³-hybridized carbons (Fsp3) is 0.385. The lowest BCUT2D eigenvalue weighted by molar-refractivity contribution is -0.119. The normalized spacial score (nSPS) is 16.8. The van der Waals surface area contributed by atoms with E-state index in [9.17, 15) is 9.59 Å². The van der Waals surface area contributed by atoms with Crippen LogP contribution in [0.5, 0.6) is 0 Å². The monoisotopic (exact) mass is 232 g/mol. The number of hydrogen-bond acceptors (Lipinski definition) is 3. The summed E-state index contributed by atoms with van der Waals surface area (Å²) in [6, 6.07) is 9.32. The molecule has 1 aliphatic heterocycles. The molecule has 0 atom stereocenters. The Morgan fingerprint density at radius 3 is 2.35 bits per heavy atom. The van der Waals surface area contributed by atoms with Crippen LogP contribution in [-0.4, -0.2) is 54.7 Å². The van der Waals surface area contributed by atoms with E-state index in [1.165, 1.54) is 0 Å². The third kappa shape index (κ3) is 3.14. The average molecular weight is 232 g/mol. The molecule has 1 aliphatic rings. The summed E-state index contributed by atoms with van der Waals surface area (Å²) in [6.07, 6.45) is 0.871. The first-order valence-corrected chi connectivity index (χ1v) is 5.79. The van der Waals surface area contributed by atoms with Crippen molar-refractivity contribution in [1.82, 2.24) is 9.80 Å². The van der Waals surface area contributed by atoms with Crippen molar-refractivity contribution in [2.45, 2.75) is 0 Å². The van der Waals surface area contributed by atoms with Crippen molar-refractivity contribution in [3.8, 4) is 0 Å². The smallest absolute Gasteiger partial charge is 0.209 e. The highest BCUT2D eigenvalue weighted by atomic mass is 16.1. The molecule has 0 aliphatic carbocycles. The lowest BCUT2D eigenvalue weighted by Crippen LogP contribution is -2.47. The van der Waals surface area contributed by atoms with E-state index in [-0.39, 0.29) is 5.78 Å². The van der Waals surface area contributed by atoms with Crippen LogP contribution < -0.4 is 0 Å². The SMILES string of the molecule is O=CN1CCN(CC(=O)c2ccccc2)CC1. The van der Waals surface area contributed by atoms with Crippen LogP contribution in [0.3, 0.4) is 0 Å². The summed E-state index contributed by atoms with van der Waals surface area (Å²) in [5.41, 5.74) is 0.755. The van der Waals surface area contributed by atoms with Crippen LogP contribution in [0.1, 0.15) is 10.4 Å². The third-order valence-corrected chi connectivity index (χ3v) is 3.02. The van der Waals surface area contributed by atoms with Crippen LogP contribution in [0.2, 0.25) is 0 Å². The van der Waals surface area contributed by atoms with Crippen LogP contribution in [0.15, 0.2) is 30.3 Å². The Morgan fingerprint density at radius 1 is 1.12 bits per heavy atom. The van der Waals surface area contributed by atoms with Crippen molar-refractivity contribution in [2.24, 2.45) is 0 Å². The summed E-state index contributed by atoms with van der Waals surface area (Å²) in [5, 5.41) is 0. The molecule has 1 saturated heterocycles. The number of rotatable bonds is 4. The van der Waals surface area contributed by atoms with E-state index < -0.39 is 0 Å². The molecule has 1 aromatic carbocycles. The molecule has 4 heteroatoms. The molecule has 90 valence electrons. The summed E-state index contributed by atoms with van der Waals surface area (Å²) < 4.78 is 0. The Balaban J connectivity index is 1.86. The van der Waals surface area contributed by atoms with E-state index in [1.807, 2.05) is 30.3 Å². The highest BCUT2D eigenvalue weighted by molar-refractivity contribution is 5.97. The van der Waals surface area contributed by atoms with Gasteiger partial charge in [-0.3, -0.25) is 14.5 Å². The first-order chi connectivity index (χ1) is 8.29. The minimum Gasteiger partial charge on any atom is -0.343 e. The molecule has 0 bridgehead atoms. The maximum absolute atomic E-state index is 11.9. The van der Waals surface area contributed by atoms with E-state index in [4.69, 9.17) is 0 Å². The summed E-state index contributed by atoms with van der Waals surface area (Å²) in [7, 11) is 0. The molecule has 0 aromatic heterocycles. The van der Waals surface area contributed by atoms with E-state index >= 15 is 0 Å². The molecule has 0 N–H and O–H groups in total. The maximum Gasteiger partial charge on any atom is 0.209 e. The lowest BCUT2D eigenvalue weighted by Gasteiger charge is -2.31. The summed E-state index contributed by atoms with van der Waals surface area (Å²) in [5.74, 6) is 0.144. The molecular formula is C13H16N2O2. The first-order valence-electron chi connectivity index (χ1n) is 5.79.